The molecule has 6 heteroatoms. The molecule has 150 valence electrons. The Kier molecular flexibility index (Phi) is 6.73. The number of aldehydes is 1. The third-order valence-corrected chi connectivity index (χ3v) is 5.00. The molecule has 3 rings (SSSR count). The molecule has 0 saturated heterocycles. The molecule has 2 aromatic carbocycles. The number of aromatic nitrogens is 1. The number of carbonyl (C=O) groups excluding carboxylic acids is 1. The van der Waals surface area contributed by atoms with Gasteiger partial charge in [0.25, 0.3) is 0 Å². The summed E-state index contributed by atoms with van der Waals surface area (Å²) in [6.45, 7) is 3.11. The first-order valence-electron chi connectivity index (χ1n) is 9.17. The summed E-state index contributed by atoms with van der Waals surface area (Å²) in [7, 11) is 3.29. The zero-order chi connectivity index (χ0) is 20.8. The van der Waals surface area contributed by atoms with Gasteiger partial charge in [0.15, 0.2) is 6.29 Å². The molecule has 0 radical (unpaired) electrons. The van der Waals surface area contributed by atoms with Crippen LogP contribution in [0.25, 0.3) is 0 Å². The summed E-state index contributed by atoms with van der Waals surface area (Å²) in [5.41, 5.74) is 3.43. The molecule has 0 spiro atoms. The number of methoxy groups -OCH3 is 2. The van der Waals surface area contributed by atoms with Crippen molar-refractivity contribution in [3.63, 3.8) is 0 Å². The highest BCUT2D eigenvalue weighted by Gasteiger charge is 2.15. The van der Waals surface area contributed by atoms with Gasteiger partial charge in [-0.05, 0) is 53.9 Å². The predicted octanol–water partition coefficient (Wildman–Crippen LogP) is 5.08. The molecule has 0 amide bonds. The maximum absolute atomic E-state index is 11.3. The molecule has 1 aromatic heterocycles. The van der Waals surface area contributed by atoms with Gasteiger partial charge in [-0.3, -0.25) is 4.79 Å². The minimum atomic E-state index is 0.212. The maximum atomic E-state index is 11.3. The fourth-order valence-corrected chi connectivity index (χ4v) is 3.33. The van der Waals surface area contributed by atoms with Crippen molar-refractivity contribution in [1.29, 1.82) is 0 Å². The zero-order valence-electron chi connectivity index (χ0n) is 16.7. The molecule has 0 atom stereocenters. The van der Waals surface area contributed by atoms with Crippen LogP contribution in [-0.2, 0) is 13.1 Å². The van der Waals surface area contributed by atoms with Gasteiger partial charge in [0, 0.05) is 13.1 Å². The van der Waals surface area contributed by atoms with Gasteiger partial charge in [-0.15, -0.1) is 0 Å². The standard InChI is InChI=1S/C23H23ClN2O3/c1-16-12-22(25-23(24)21(16)15-27)26(13-17-4-8-19(28-2)9-5-17)14-18-6-10-20(29-3)11-7-18/h4-12,15H,13-14H2,1-3H3. The summed E-state index contributed by atoms with van der Waals surface area (Å²) in [4.78, 5) is 17.9. The Morgan fingerprint density at radius 2 is 1.41 bits per heavy atom. The van der Waals surface area contributed by atoms with E-state index in [9.17, 15) is 4.79 Å². The van der Waals surface area contributed by atoms with Crippen molar-refractivity contribution in [2.45, 2.75) is 20.0 Å². The molecule has 0 bridgehead atoms. The van der Waals surface area contributed by atoms with Crippen LogP contribution >= 0.6 is 11.6 Å². The number of hydrogen-bond acceptors (Lipinski definition) is 5. The van der Waals surface area contributed by atoms with Gasteiger partial charge in [0.05, 0.1) is 19.8 Å². The Morgan fingerprint density at radius 1 is 0.931 bits per heavy atom. The van der Waals surface area contributed by atoms with E-state index >= 15 is 0 Å². The van der Waals surface area contributed by atoms with Crippen molar-refractivity contribution >= 4 is 23.7 Å². The molecule has 0 fully saturated rings. The number of nitrogens with zero attached hydrogens (tertiary/aromatic N) is 2. The van der Waals surface area contributed by atoms with Crippen molar-refractivity contribution in [2.24, 2.45) is 0 Å². The first-order chi connectivity index (χ1) is 14.0. The van der Waals surface area contributed by atoms with Gasteiger partial charge in [-0.25, -0.2) is 4.98 Å². The second kappa shape index (κ2) is 9.43. The average Bonchev–Trinajstić information content (AvgIpc) is 2.74. The summed E-state index contributed by atoms with van der Waals surface area (Å²) in [5.74, 6) is 2.33. The van der Waals surface area contributed by atoms with E-state index in [0.717, 1.165) is 34.5 Å². The van der Waals surface area contributed by atoms with E-state index in [1.807, 2.05) is 61.5 Å². The summed E-state index contributed by atoms with van der Waals surface area (Å²) in [5, 5.41) is 0.212. The first-order valence-corrected chi connectivity index (χ1v) is 9.55. The van der Waals surface area contributed by atoms with Gasteiger partial charge in [-0.1, -0.05) is 35.9 Å². The van der Waals surface area contributed by atoms with E-state index in [-0.39, 0.29) is 5.15 Å². The lowest BCUT2D eigenvalue weighted by molar-refractivity contribution is 0.112. The van der Waals surface area contributed by atoms with Gasteiger partial charge in [0.1, 0.15) is 22.5 Å². The number of halogens is 1. The smallest absolute Gasteiger partial charge is 0.153 e. The fourth-order valence-electron chi connectivity index (χ4n) is 3.05. The van der Waals surface area contributed by atoms with Crippen LogP contribution in [-0.4, -0.2) is 25.5 Å². The quantitative estimate of drug-likeness (QED) is 0.383. The van der Waals surface area contributed by atoms with Crippen LogP contribution in [0.15, 0.2) is 54.6 Å². The van der Waals surface area contributed by atoms with Crippen LogP contribution in [0.4, 0.5) is 5.82 Å². The minimum absolute atomic E-state index is 0.212. The normalized spacial score (nSPS) is 10.5. The van der Waals surface area contributed by atoms with Gasteiger partial charge in [-0.2, -0.15) is 0 Å². The lowest BCUT2D eigenvalue weighted by Crippen LogP contribution is -2.23. The van der Waals surface area contributed by atoms with Crippen LogP contribution in [0, 0.1) is 6.92 Å². The number of hydrogen-bond donors (Lipinski definition) is 0. The Bertz CT molecular complexity index is 900. The molecule has 29 heavy (non-hydrogen) atoms. The highest BCUT2D eigenvalue weighted by molar-refractivity contribution is 6.32. The second-order valence-electron chi connectivity index (χ2n) is 6.67. The van der Waals surface area contributed by atoms with E-state index in [1.165, 1.54) is 0 Å². The van der Waals surface area contributed by atoms with E-state index in [4.69, 9.17) is 21.1 Å². The number of rotatable bonds is 8. The number of anilines is 1. The number of pyridine rings is 1. The molecule has 0 aliphatic carbocycles. The molecule has 0 saturated carbocycles. The first kappa shape index (κ1) is 20.7. The number of ether oxygens (including phenoxy) is 2. The van der Waals surface area contributed by atoms with Crippen LogP contribution in [0.5, 0.6) is 11.5 Å². The van der Waals surface area contributed by atoms with Crippen molar-refractivity contribution in [3.05, 3.63) is 82.0 Å². The van der Waals surface area contributed by atoms with Crippen LogP contribution in [0.1, 0.15) is 27.0 Å². The Hall–Kier alpha value is -3.05. The summed E-state index contributed by atoms with van der Waals surface area (Å²) in [6.07, 6.45) is 0.742. The maximum Gasteiger partial charge on any atom is 0.153 e. The molecule has 1 heterocycles. The topological polar surface area (TPSA) is 51.7 Å². The van der Waals surface area contributed by atoms with Gasteiger partial charge < -0.3 is 14.4 Å². The Labute approximate surface area is 175 Å². The summed E-state index contributed by atoms with van der Waals surface area (Å²) in [6, 6.07) is 17.7. The third-order valence-electron chi connectivity index (χ3n) is 4.71. The lowest BCUT2D eigenvalue weighted by atomic mass is 10.1. The Morgan fingerprint density at radius 3 is 1.79 bits per heavy atom. The number of aryl methyl sites for hydroxylation is 1. The predicted molar refractivity (Wildman–Crippen MR) is 115 cm³/mol. The fraction of sp³-hybridized carbons (Fsp3) is 0.217. The molecule has 0 aliphatic heterocycles. The largest absolute Gasteiger partial charge is 0.497 e. The molecular formula is C23H23ClN2O3. The van der Waals surface area contributed by atoms with Crippen LogP contribution in [0.2, 0.25) is 5.15 Å². The van der Waals surface area contributed by atoms with Gasteiger partial charge in [0.2, 0.25) is 0 Å². The van der Waals surface area contributed by atoms with Crippen LogP contribution < -0.4 is 14.4 Å². The highest BCUT2D eigenvalue weighted by atomic mass is 35.5. The molecular weight excluding hydrogens is 388 g/mol. The summed E-state index contributed by atoms with van der Waals surface area (Å²) < 4.78 is 10.5. The van der Waals surface area contributed by atoms with E-state index in [2.05, 4.69) is 9.88 Å². The van der Waals surface area contributed by atoms with Crippen molar-refractivity contribution in [3.8, 4) is 11.5 Å². The van der Waals surface area contributed by atoms with Gasteiger partial charge >= 0.3 is 0 Å². The van der Waals surface area contributed by atoms with E-state index in [0.29, 0.717) is 24.5 Å². The second-order valence-corrected chi connectivity index (χ2v) is 7.03. The van der Waals surface area contributed by atoms with Crippen LogP contribution in [0.3, 0.4) is 0 Å². The SMILES string of the molecule is COc1ccc(CN(Cc2ccc(OC)cc2)c2cc(C)c(C=O)c(Cl)n2)cc1. The van der Waals surface area contributed by atoms with E-state index < -0.39 is 0 Å². The molecule has 0 aliphatic rings. The van der Waals surface area contributed by atoms with E-state index in [1.54, 1.807) is 14.2 Å². The monoisotopic (exact) mass is 410 g/mol. The van der Waals surface area contributed by atoms with Crippen molar-refractivity contribution in [2.75, 3.05) is 19.1 Å². The third kappa shape index (κ3) is 5.06. The molecule has 5 nitrogen and oxygen atoms in total. The highest BCUT2D eigenvalue weighted by Crippen LogP contribution is 2.26. The van der Waals surface area contributed by atoms with Crippen molar-refractivity contribution < 1.29 is 14.3 Å². The average molecular weight is 411 g/mol. The minimum Gasteiger partial charge on any atom is -0.497 e. The summed E-state index contributed by atoms with van der Waals surface area (Å²) >= 11 is 6.26. The molecule has 3 aromatic rings. The number of benzene rings is 2. The molecule has 0 N–H and O–H groups in total. The molecule has 0 unspecified atom stereocenters. The zero-order valence-corrected chi connectivity index (χ0v) is 17.4. The number of carbonyl (C=O) groups is 1. The Balaban J connectivity index is 1.94. The lowest BCUT2D eigenvalue weighted by Gasteiger charge is -2.25. The van der Waals surface area contributed by atoms with Crippen molar-refractivity contribution in [1.82, 2.24) is 4.98 Å².